The highest BCUT2D eigenvalue weighted by Crippen LogP contribution is 2.13. The van der Waals surface area contributed by atoms with Crippen LogP contribution >= 0.6 is 0 Å². The smallest absolute Gasteiger partial charge is 0.321 e. The first-order valence-electron chi connectivity index (χ1n) is 5.68. The molecule has 1 aliphatic heterocycles. The molecule has 1 aromatic carbocycles. The Morgan fingerprint density at radius 1 is 1.53 bits per heavy atom. The first kappa shape index (κ1) is 11.9. The molecule has 0 bridgehead atoms. The standard InChI is InChI=1S/C12H16FN3O/c1-14-11-5-6-16(8-11)12(17)15-10-4-2-3-9(13)7-10/h2-4,7,11,14H,5-6,8H2,1H3,(H,15,17)/t11-/m1/s1. The second-order valence-corrected chi connectivity index (χ2v) is 4.16. The molecule has 1 heterocycles. The zero-order chi connectivity index (χ0) is 12.3. The first-order chi connectivity index (χ1) is 8.19. The van der Waals surface area contributed by atoms with Crippen molar-refractivity contribution in [2.75, 3.05) is 25.5 Å². The molecule has 4 nitrogen and oxygen atoms in total. The van der Waals surface area contributed by atoms with Crippen LogP contribution in [0.25, 0.3) is 0 Å². The Bertz CT molecular complexity index is 410. The Balaban J connectivity index is 1.93. The fourth-order valence-electron chi connectivity index (χ4n) is 1.95. The van der Waals surface area contributed by atoms with Crippen LogP contribution in [0.1, 0.15) is 6.42 Å². The van der Waals surface area contributed by atoms with Crippen LogP contribution in [-0.4, -0.2) is 37.1 Å². The van der Waals surface area contributed by atoms with Gasteiger partial charge in [0.1, 0.15) is 5.82 Å². The summed E-state index contributed by atoms with van der Waals surface area (Å²) in [5.41, 5.74) is 0.489. The van der Waals surface area contributed by atoms with Crippen molar-refractivity contribution >= 4 is 11.7 Å². The number of nitrogens with one attached hydrogen (secondary N) is 2. The van der Waals surface area contributed by atoms with E-state index in [4.69, 9.17) is 0 Å². The van der Waals surface area contributed by atoms with Crippen molar-refractivity contribution in [1.29, 1.82) is 0 Å². The van der Waals surface area contributed by atoms with Crippen LogP contribution in [0.3, 0.4) is 0 Å². The Hall–Kier alpha value is -1.62. The lowest BCUT2D eigenvalue weighted by atomic mass is 10.3. The molecule has 0 unspecified atom stereocenters. The van der Waals surface area contributed by atoms with Crippen molar-refractivity contribution in [3.05, 3.63) is 30.1 Å². The van der Waals surface area contributed by atoms with Crippen LogP contribution in [0, 0.1) is 5.82 Å². The summed E-state index contributed by atoms with van der Waals surface area (Å²) in [6.45, 7) is 1.42. The molecule has 2 N–H and O–H groups in total. The third kappa shape index (κ3) is 2.94. The number of hydrogen-bond acceptors (Lipinski definition) is 2. The largest absolute Gasteiger partial charge is 0.323 e. The van der Waals surface area contributed by atoms with Crippen LogP contribution < -0.4 is 10.6 Å². The van der Waals surface area contributed by atoms with E-state index in [-0.39, 0.29) is 11.8 Å². The molecule has 2 amide bonds. The third-order valence-electron chi connectivity index (χ3n) is 2.96. The quantitative estimate of drug-likeness (QED) is 0.821. The van der Waals surface area contributed by atoms with Crippen molar-refractivity contribution in [3.8, 4) is 0 Å². The predicted octanol–water partition coefficient (Wildman–Crippen LogP) is 1.65. The lowest BCUT2D eigenvalue weighted by molar-refractivity contribution is 0.221. The van der Waals surface area contributed by atoms with E-state index < -0.39 is 0 Å². The van der Waals surface area contributed by atoms with E-state index >= 15 is 0 Å². The van der Waals surface area contributed by atoms with Gasteiger partial charge in [-0.3, -0.25) is 0 Å². The number of carbonyl (C=O) groups excluding carboxylic acids is 1. The Morgan fingerprint density at radius 3 is 3.00 bits per heavy atom. The van der Waals surface area contributed by atoms with E-state index in [2.05, 4.69) is 10.6 Å². The topological polar surface area (TPSA) is 44.4 Å². The average Bonchev–Trinajstić information content (AvgIpc) is 2.77. The van der Waals surface area contributed by atoms with Crippen molar-refractivity contribution in [2.24, 2.45) is 0 Å². The van der Waals surface area contributed by atoms with Crippen molar-refractivity contribution in [3.63, 3.8) is 0 Å². The van der Waals surface area contributed by atoms with Gasteiger partial charge in [0.25, 0.3) is 0 Å². The maximum absolute atomic E-state index is 12.9. The number of urea groups is 1. The number of likely N-dealkylation sites (tertiary alicyclic amines) is 1. The molecule has 0 radical (unpaired) electrons. The van der Waals surface area contributed by atoms with Gasteiger partial charge in [-0.2, -0.15) is 0 Å². The van der Waals surface area contributed by atoms with Crippen LogP contribution in [0.15, 0.2) is 24.3 Å². The van der Waals surface area contributed by atoms with Crippen molar-refractivity contribution < 1.29 is 9.18 Å². The summed E-state index contributed by atoms with van der Waals surface area (Å²) < 4.78 is 12.9. The maximum Gasteiger partial charge on any atom is 0.321 e. The number of halogens is 1. The summed E-state index contributed by atoms with van der Waals surface area (Å²) in [5, 5.41) is 5.83. The van der Waals surface area contributed by atoms with E-state index in [1.807, 2.05) is 7.05 Å². The van der Waals surface area contributed by atoms with Gasteiger partial charge in [-0.25, -0.2) is 9.18 Å². The zero-order valence-electron chi connectivity index (χ0n) is 9.74. The molecule has 0 saturated carbocycles. The average molecular weight is 237 g/mol. The van der Waals surface area contributed by atoms with Crippen LogP contribution in [0.5, 0.6) is 0 Å². The van der Waals surface area contributed by atoms with Crippen molar-refractivity contribution in [1.82, 2.24) is 10.2 Å². The number of hydrogen-bond donors (Lipinski definition) is 2. The number of nitrogens with zero attached hydrogens (tertiary/aromatic N) is 1. The summed E-state index contributed by atoms with van der Waals surface area (Å²) in [5.74, 6) is -0.350. The summed E-state index contributed by atoms with van der Waals surface area (Å²) in [6.07, 6.45) is 0.951. The molecule has 17 heavy (non-hydrogen) atoms. The molecule has 1 atom stereocenters. The summed E-state index contributed by atoms with van der Waals surface area (Å²) in [7, 11) is 1.89. The summed E-state index contributed by atoms with van der Waals surface area (Å²) in [6, 6.07) is 6.09. The predicted molar refractivity (Wildman–Crippen MR) is 64.5 cm³/mol. The normalized spacial score (nSPS) is 19.4. The van der Waals surface area contributed by atoms with E-state index in [0.717, 1.165) is 13.0 Å². The van der Waals surface area contributed by atoms with E-state index in [1.54, 1.807) is 17.0 Å². The van der Waals surface area contributed by atoms with Gasteiger partial charge in [0, 0.05) is 24.8 Å². The highest BCUT2D eigenvalue weighted by molar-refractivity contribution is 5.89. The number of rotatable bonds is 2. The highest BCUT2D eigenvalue weighted by Gasteiger charge is 2.24. The Kier molecular flexibility index (Phi) is 3.58. The van der Waals surface area contributed by atoms with Gasteiger partial charge >= 0.3 is 6.03 Å². The lowest BCUT2D eigenvalue weighted by Crippen LogP contribution is -2.36. The Labute approximate surface area is 99.8 Å². The van der Waals surface area contributed by atoms with E-state index in [0.29, 0.717) is 18.3 Å². The molecule has 92 valence electrons. The van der Waals surface area contributed by atoms with E-state index in [9.17, 15) is 9.18 Å². The summed E-state index contributed by atoms with van der Waals surface area (Å²) >= 11 is 0. The van der Waals surface area contributed by atoms with Crippen LogP contribution in [0.4, 0.5) is 14.9 Å². The molecule has 5 heteroatoms. The minimum absolute atomic E-state index is 0.173. The number of amides is 2. The van der Waals surface area contributed by atoms with Crippen LogP contribution in [0.2, 0.25) is 0 Å². The minimum atomic E-state index is -0.350. The molecule has 1 aliphatic rings. The third-order valence-corrected chi connectivity index (χ3v) is 2.96. The second-order valence-electron chi connectivity index (χ2n) is 4.16. The fraction of sp³-hybridized carbons (Fsp3) is 0.417. The molecular formula is C12H16FN3O. The number of anilines is 1. The molecule has 1 aromatic rings. The maximum atomic E-state index is 12.9. The second kappa shape index (κ2) is 5.14. The van der Waals surface area contributed by atoms with Gasteiger partial charge in [0.15, 0.2) is 0 Å². The molecule has 0 spiro atoms. The number of likely N-dealkylation sites (N-methyl/N-ethyl adjacent to an activating group) is 1. The molecule has 2 rings (SSSR count). The minimum Gasteiger partial charge on any atom is -0.323 e. The van der Waals surface area contributed by atoms with Crippen molar-refractivity contribution in [2.45, 2.75) is 12.5 Å². The molecule has 0 aromatic heterocycles. The molecule has 1 fully saturated rings. The lowest BCUT2D eigenvalue weighted by Gasteiger charge is -2.17. The van der Waals surface area contributed by atoms with Gasteiger partial charge in [0.2, 0.25) is 0 Å². The van der Waals surface area contributed by atoms with Gasteiger partial charge in [-0.1, -0.05) is 6.07 Å². The van der Waals surface area contributed by atoms with E-state index in [1.165, 1.54) is 12.1 Å². The zero-order valence-corrected chi connectivity index (χ0v) is 9.74. The number of carbonyl (C=O) groups is 1. The SMILES string of the molecule is CN[C@@H]1CCN(C(=O)Nc2cccc(F)c2)C1. The molecule has 1 saturated heterocycles. The first-order valence-corrected chi connectivity index (χ1v) is 5.68. The Morgan fingerprint density at radius 2 is 2.35 bits per heavy atom. The molecule has 0 aliphatic carbocycles. The summed E-state index contributed by atoms with van der Waals surface area (Å²) in [4.78, 5) is 13.6. The monoisotopic (exact) mass is 237 g/mol. The van der Waals surface area contributed by atoms with Gasteiger partial charge in [0.05, 0.1) is 0 Å². The van der Waals surface area contributed by atoms with Gasteiger partial charge < -0.3 is 15.5 Å². The highest BCUT2D eigenvalue weighted by atomic mass is 19.1. The van der Waals surface area contributed by atoms with Gasteiger partial charge in [-0.05, 0) is 31.7 Å². The van der Waals surface area contributed by atoms with Gasteiger partial charge in [-0.15, -0.1) is 0 Å². The fourth-order valence-corrected chi connectivity index (χ4v) is 1.95. The van der Waals surface area contributed by atoms with Crippen LogP contribution in [-0.2, 0) is 0 Å². The molecular weight excluding hydrogens is 221 g/mol. The number of benzene rings is 1.